The largest absolute Gasteiger partial charge is 0.492 e. The molecule has 1 saturated heterocycles. The van der Waals surface area contributed by atoms with Crippen molar-refractivity contribution in [1.29, 1.82) is 0 Å². The molecule has 0 aromatic carbocycles. The Kier molecular flexibility index (Phi) is 6.86. The number of aromatic nitrogens is 3. The molecule has 2 aromatic heterocycles. The van der Waals surface area contributed by atoms with Gasteiger partial charge in [0, 0.05) is 55.8 Å². The summed E-state index contributed by atoms with van der Waals surface area (Å²) >= 11 is 0. The summed E-state index contributed by atoms with van der Waals surface area (Å²) < 4.78 is 0. The molecule has 2 aliphatic heterocycles. The number of halogens is 2. The number of pyridine rings is 1. The average Bonchev–Trinajstić information content (AvgIpc) is 3.20. The van der Waals surface area contributed by atoms with E-state index in [1.54, 1.807) is 12.4 Å². The lowest BCUT2D eigenvalue weighted by Crippen LogP contribution is -2.49. The summed E-state index contributed by atoms with van der Waals surface area (Å²) in [6.07, 6.45) is 5.36. The van der Waals surface area contributed by atoms with Crippen LogP contribution in [-0.4, -0.2) is 63.4 Å². The van der Waals surface area contributed by atoms with E-state index in [2.05, 4.69) is 43.6 Å². The van der Waals surface area contributed by atoms with Crippen LogP contribution in [0, 0.1) is 0 Å². The van der Waals surface area contributed by atoms with E-state index in [9.17, 15) is 5.11 Å². The van der Waals surface area contributed by atoms with Gasteiger partial charge in [0.2, 0.25) is 11.8 Å². The Morgan fingerprint density at radius 1 is 1.19 bits per heavy atom. The molecule has 146 valence electrons. The highest BCUT2D eigenvalue weighted by Gasteiger charge is 2.22. The van der Waals surface area contributed by atoms with Gasteiger partial charge < -0.3 is 15.0 Å². The molecule has 0 bridgehead atoms. The summed E-state index contributed by atoms with van der Waals surface area (Å²) in [5.41, 5.74) is 2.47. The van der Waals surface area contributed by atoms with Crippen molar-refractivity contribution < 1.29 is 5.11 Å². The fraction of sp³-hybridized carbons (Fsp3) is 0.389. The number of hydrogen-bond acceptors (Lipinski definition) is 6. The van der Waals surface area contributed by atoms with Gasteiger partial charge >= 0.3 is 0 Å². The van der Waals surface area contributed by atoms with Gasteiger partial charge in [-0.3, -0.25) is 4.90 Å². The van der Waals surface area contributed by atoms with E-state index in [0.717, 1.165) is 37.3 Å². The molecule has 0 spiro atoms. The van der Waals surface area contributed by atoms with Crippen molar-refractivity contribution in [2.24, 2.45) is 4.99 Å². The van der Waals surface area contributed by atoms with E-state index in [4.69, 9.17) is 0 Å². The van der Waals surface area contributed by atoms with Gasteiger partial charge in [-0.05, 0) is 32.1 Å². The highest BCUT2D eigenvalue weighted by Crippen LogP contribution is 2.32. The number of aromatic amines is 1. The summed E-state index contributed by atoms with van der Waals surface area (Å²) in [6.45, 7) is 8.23. The first kappa shape index (κ1) is 21.2. The predicted octanol–water partition coefficient (Wildman–Crippen LogP) is 3.14. The number of nitrogens with one attached hydrogen (secondary N) is 1. The third kappa shape index (κ3) is 4.26. The predicted molar refractivity (Wildman–Crippen MR) is 114 cm³/mol. The third-order valence-corrected chi connectivity index (χ3v) is 4.77. The van der Waals surface area contributed by atoms with E-state index < -0.39 is 0 Å². The Morgan fingerprint density at radius 3 is 2.63 bits per heavy atom. The van der Waals surface area contributed by atoms with Crippen LogP contribution in [0.3, 0.4) is 0 Å². The number of hydrogen-bond donors (Lipinski definition) is 2. The van der Waals surface area contributed by atoms with E-state index in [-0.39, 0.29) is 30.7 Å². The van der Waals surface area contributed by atoms with Crippen LogP contribution in [0.1, 0.15) is 25.1 Å². The van der Waals surface area contributed by atoms with Gasteiger partial charge in [-0.15, -0.1) is 24.8 Å². The highest BCUT2D eigenvalue weighted by molar-refractivity contribution is 6.20. The first-order chi connectivity index (χ1) is 12.1. The van der Waals surface area contributed by atoms with Crippen molar-refractivity contribution in [3.8, 4) is 5.88 Å². The quantitative estimate of drug-likeness (QED) is 0.811. The summed E-state index contributed by atoms with van der Waals surface area (Å²) in [7, 11) is 0. The number of aliphatic imine (C=N–C) groups is 1. The Labute approximate surface area is 171 Å². The molecular weight excluding hydrogens is 387 g/mol. The van der Waals surface area contributed by atoms with Crippen LogP contribution in [0.5, 0.6) is 5.88 Å². The van der Waals surface area contributed by atoms with Crippen molar-refractivity contribution in [2.45, 2.75) is 19.9 Å². The van der Waals surface area contributed by atoms with Gasteiger partial charge in [-0.25, -0.2) is 9.98 Å². The summed E-state index contributed by atoms with van der Waals surface area (Å²) in [5, 5.41) is 10.2. The maximum atomic E-state index is 10.2. The minimum Gasteiger partial charge on any atom is -0.492 e. The number of allylic oxidation sites excluding steroid dienone is 1. The van der Waals surface area contributed by atoms with Crippen LogP contribution in [0.25, 0.3) is 11.6 Å². The molecule has 0 atom stereocenters. The van der Waals surface area contributed by atoms with Gasteiger partial charge in [0.1, 0.15) is 5.69 Å². The van der Waals surface area contributed by atoms with Gasteiger partial charge in [0.25, 0.3) is 0 Å². The molecule has 0 unspecified atom stereocenters. The van der Waals surface area contributed by atoms with Crippen LogP contribution < -0.4 is 4.90 Å². The number of anilines is 1. The maximum Gasteiger partial charge on any atom is 0.238 e. The van der Waals surface area contributed by atoms with Gasteiger partial charge in [-0.2, -0.15) is 4.98 Å². The second-order valence-corrected chi connectivity index (χ2v) is 6.65. The van der Waals surface area contributed by atoms with Gasteiger partial charge in [-0.1, -0.05) is 0 Å². The fourth-order valence-electron chi connectivity index (χ4n) is 3.26. The van der Waals surface area contributed by atoms with Crippen LogP contribution >= 0.6 is 24.8 Å². The molecule has 2 aliphatic rings. The monoisotopic (exact) mass is 410 g/mol. The first-order valence-corrected chi connectivity index (χ1v) is 8.61. The van der Waals surface area contributed by atoms with Crippen molar-refractivity contribution in [3.63, 3.8) is 0 Å². The lowest BCUT2D eigenvalue weighted by atomic mass is 10.1. The second-order valence-electron chi connectivity index (χ2n) is 6.65. The smallest absolute Gasteiger partial charge is 0.238 e. The number of fused-ring (bicyclic) bond motifs is 1. The molecule has 1 fully saturated rings. The van der Waals surface area contributed by atoms with Crippen molar-refractivity contribution in [1.82, 2.24) is 19.9 Å². The number of aromatic hydroxyl groups is 1. The zero-order valence-electron chi connectivity index (χ0n) is 15.3. The molecule has 4 heterocycles. The Morgan fingerprint density at radius 2 is 1.93 bits per heavy atom. The Hall–Kier alpha value is -2.09. The SMILES string of the molecule is CC(C)N1CCN(c2nc(O)c(/C=C3\C=Nc4ncccc43)[nH]2)CC1.Cl.Cl. The molecule has 2 aromatic rings. The molecule has 27 heavy (non-hydrogen) atoms. The third-order valence-electron chi connectivity index (χ3n) is 4.77. The number of rotatable bonds is 3. The lowest BCUT2D eigenvalue weighted by molar-refractivity contribution is 0.208. The maximum absolute atomic E-state index is 10.2. The normalized spacial score (nSPS) is 17.7. The lowest BCUT2D eigenvalue weighted by Gasteiger charge is -2.36. The molecule has 7 nitrogen and oxygen atoms in total. The molecule has 0 saturated carbocycles. The topological polar surface area (TPSA) is 80.6 Å². The van der Waals surface area contributed by atoms with Crippen LogP contribution in [0.15, 0.2) is 23.3 Å². The van der Waals surface area contributed by atoms with Crippen LogP contribution in [0.4, 0.5) is 11.8 Å². The van der Waals surface area contributed by atoms with Gasteiger partial charge in [0.15, 0.2) is 5.82 Å². The molecule has 0 amide bonds. The molecule has 4 rings (SSSR count). The van der Waals surface area contributed by atoms with Crippen molar-refractivity contribution in [2.75, 3.05) is 31.1 Å². The van der Waals surface area contributed by atoms with Crippen LogP contribution in [0.2, 0.25) is 0 Å². The second kappa shape index (κ2) is 8.73. The fourth-order valence-corrected chi connectivity index (χ4v) is 3.26. The average molecular weight is 411 g/mol. The Balaban J connectivity index is 0.00000131. The zero-order valence-corrected chi connectivity index (χ0v) is 16.9. The van der Waals surface area contributed by atoms with E-state index in [1.165, 1.54) is 0 Å². The summed E-state index contributed by atoms with van der Waals surface area (Å²) in [5.74, 6) is 1.44. The van der Waals surface area contributed by atoms with Gasteiger partial charge in [0.05, 0.1) is 0 Å². The molecular formula is C18H24Cl2N6O. The highest BCUT2D eigenvalue weighted by atomic mass is 35.5. The standard InChI is InChI=1S/C18H22N6O.2ClH/c1-12(2)23-6-8-24(9-7-23)18-21-15(17(25)22-18)10-13-11-20-16-14(13)4-3-5-19-16;;/h3-5,10-12,25H,6-9H2,1-2H3,(H,21,22);2*1H/b13-10+;;. The van der Waals surface area contributed by atoms with Crippen LogP contribution in [-0.2, 0) is 0 Å². The molecule has 0 radical (unpaired) electrons. The zero-order chi connectivity index (χ0) is 17.4. The van der Waals surface area contributed by atoms with E-state index >= 15 is 0 Å². The van der Waals surface area contributed by atoms with E-state index in [1.807, 2.05) is 18.2 Å². The number of nitrogens with zero attached hydrogens (tertiary/aromatic N) is 5. The van der Waals surface area contributed by atoms with E-state index in [0.29, 0.717) is 23.5 Å². The first-order valence-electron chi connectivity index (χ1n) is 8.61. The summed E-state index contributed by atoms with van der Waals surface area (Å²) in [4.78, 5) is 20.7. The minimum absolute atomic E-state index is 0. The number of piperazine rings is 1. The molecule has 9 heteroatoms. The summed E-state index contributed by atoms with van der Waals surface area (Å²) in [6, 6.07) is 4.41. The van der Waals surface area contributed by atoms with Crippen molar-refractivity contribution >= 4 is 54.4 Å². The number of imidazole rings is 1. The molecule has 0 aliphatic carbocycles. The number of H-pyrrole nitrogens is 1. The molecule has 2 N–H and O–H groups in total. The van der Waals surface area contributed by atoms with Crippen molar-refractivity contribution in [3.05, 3.63) is 29.6 Å². The minimum atomic E-state index is 0. The Bertz CT molecular complexity index is 840.